The van der Waals surface area contributed by atoms with Crippen molar-refractivity contribution in [2.75, 3.05) is 33.4 Å². The van der Waals surface area contributed by atoms with E-state index >= 15 is 0 Å². The average Bonchev–Trinajstić information content (AvgIpc) is 2.58. The summed E-state index contributed by atoms with van der Waals surface area (Å²) in [4.78, 5) is 25.4. The van der Waals surface area contributed by atoms with Gasteiger partial charge in [0.25, 0.3) is 0 Å². The maximum absolute atomic E-state index is 12.2. The lowest BCUT2D eigenvalue weighted by molar-refractivity contribution is -0.148. The quantitative estimate of drug-likeness (QED) is 0.719. The van der Waals surface area contributed by atoms with E-state index < -0.39 is 5.60 Å². The lowest BCUT2D eigenvalue weighted by Gasteiger charge is -2.35. The molecule has 144 valence electrons. The first kappa shape index (κ1) is 20.0. The van der Waals surface area contributed by atoms with E-state index in [1.54, 1.807) is 4.90 Å². The second-order valence-electron chi connectivity index (χ2n) is 7.75. The van der Waals surface area contributed by atoms with E-state index in [1.807, 2.05) is 20.8 Å². The molecule has 1 aliphatic carbocycles. The van der Waals surface area contributed by atoms with Crippen LogP contribution in [0.4, 0.5) is 4.79 Å². The number of carbonyl (C=O) groups excluding carboxylic acids is 2. The van der Waals surface area contributed by atoms with E-state index in [-0.39, 0.29) is 30.2 Å². The minimum Gasteiger partial charge on any atom is -0.469 e. The molecule has 2 fully saturated rings. The fourth-order valence-electron chi connectivity index (χ4n) is 3.19. The van der Waals surface area contributed by atoms with Gasteiger partial charge in [-0.15, -0.1) is 0 Å². The maximum atomic E-state index is 12.2. The number of methoxy groups -OCH3 is 1. The first-order valence-electron chi connectivity index (χ1n) is 9.07. The molecular weight excluding hydrogens is 326 g/mol. The second kappa shape index (κ2) is 8.85. The van der Waals surface area contributed by atoms with Crippen molar-refractivity contribution < 1.29 is 28.5 Å². The number of amides is 1. The van der Waals surface area contributed by atoms with Crippen LogP contribution >= 0.6 is 0 Å². The Morgan fingerprint density at radius 2 is 1.84 bits per heavy atom. The molecule has 7 heteroatoms. The zero-order chi connectivity index (χ0) is 18.4. The molecule has 0 spiro atoms. The standard InChI is InChI=1S/C18H31NO6/c1-18(2,3)25-17(21)19-9-10-23-15(11-19)12-24-14-7-5-13(6-8-14)16(20)22-4/h13-15H,5-12H2,1-4H3/t13-,14-,15?. The summed E-state index contributed by atoms with van der Waals surface area (Å²) in [6.07, 6.45) is 2.99. The van der Waals surface area contributed by atoms with Crippen molar-refractivity contribution in [3.8, 4) is 0 Å². The third kappa shape index (κ3) is 6.47. The Bertz CT molecular complexity index is 453. The molecule has 1 unspecified atom stereocenters. The van der Waals surface area contributed by atoms with Crippen molar-refractivity contribution in [1.82, 2.24) is 4.90 Å². The molecule has 1 atom stereocenters. The number of hydrogen-bond acceptors (Lipinski definition) is 6. The molecule has 1 saturated carbocycles. The van der Waals surface area contributed by atoms with Crippen LogP contribution in [0.25, 0.3) is 0 Å². The number of ether oxygens (including phenoxy) is 4. The minimum atomic E-state index is -0.500. The van der Waals surface area contributed by atoms with Gasteiger partial charge >= 0.3 is 12.1 Å². The first-order valence-corrected chi connectivity index (χ1v) is 9.07. The molecule has 1 heterocycles. The van der Waals surface area contributed by atoms with Crippen LogP contribution in [0.15, 0.2) is 0 Å². The van der Waals surface area contributed by atoms with Crippen LogP contribution < -0.4 is 0 Å². The number of carbonyl (C=O) groups is 2. The Hall–Kier alpha value is -1.34. The second-order valence-corrected chi connectivity index (χ2v) is 7.75. The van der Waals surface area contributed by atoms with E-state index in [1.165, 1.54) is 7.11 Å². The molecule has 1 aliphatic heterocycles. The van der Waals surface area contributed by atoms with Crippen molar-refractivity contribution in [3.63, 3.8) is 0 Å². The summed E-state index contributed by atoms with van der Waals surface area (Å²) >= 11 is 0. The normalized spacial score (nSPS) is 27.7. The summed E-state index contributed by atoms with van der Waals surface area (Å²) in [5.74, 6) is -0.125. The molecular formula is C18H31NO6. The van der Waals surface area contributed by atoms with Crippen LogP contribution in [0, 0.1) is 5.92 Å². The SMILES string of the molecule is COC(=O)[C@H]1CC[C@H](OCC2CN(C(=O)OC(C)(C)C)CCO2)CC1. The van der Waals surface area contributed by atoms with E-state index in [0.717, 1.165) is 25.7 Å². The van der Waals surface area contributed by atoms with E-state index in [4.69, 9.17) is 18.9 Å². The van der Waals surface area contributed by atoms with Crippen molar-refractivity contribution >= 4 is 12.1 Å². The van der Waals surface area contributed by atoms with Gasteiger partial charge in [0, 0.05) is 6.54 Å². The first-order chi connectivity index (χ1) is 11.8. The molecule has 0 N–H and O–H groups in total. The predicted molar refractivity (Wildman–Crippen MR) is 91.3 cm³/mol. The summed E-state index contributed by atoms with van der Waals surface area (Å²) in [6.45, 7) is 7.53. The van der Waals surface area contributed by atoms with Crippen LogP contribution in [0.5, 0.6) is 0 Å². The summed E-state index contributed by atoms with van der Waals surface area (Å²) < 4.78 is 21.9. The zero-order valence-electron chi connectivity index (χ0n) is 15.8. The minimum absolute atomic E-state index is 0.00144. The van der Waals surface area contributed by atoms with Crippen molar-refractivity contribution in [2.24, 2.45) is 5.92 Å². The Balaban J connectivity index is 1.71. The van der Waals surface area contributed by atoms with Gasteiger partial charge in [0.05, 0.1) is 45.0 Å². The zero-order valence-corrected chi connectivity index (χ0v) is 15.8. The van der Waals surface area contributed by atoms with Crippen LogP contribution in [-0.4, -0.2) is 68.2 Å². The van der Waals surface area contributed by atoms with Gasteiger partial charge in [-0.05, 0) is 46.5 Å². The number of nitrogens with zero attached hydrogens (tertiary/aromatic N) is 1. The van der Waals surface area contributed by atoms with Gasteiger partial charge in [-0.3, -0.25) is 4.79 Å². The van der Waals surface area contributed by atoms with Crippen molar-refractivity contribution in [1.29, 1.82) is 0 Å². The average molecular weight is 357 g/mol. The summed E-state index contributed by atoms with van der Waals surface area (Å²) in [6, 6.07) is 0. The fraction of sp³-hybridized carbons (Fsp3) is 0.889. The molecule has 1 amide bonds. The van der Waals surface area contributed by atoms with Gasteiger partial charge in [-0.2, -0.15) is 0 Å². The molecule has 1 saturated heterocycles. The largest absolute Gasteiger partial charge is 0.469 e. The highest BCUT2D eigenvalue weighted by Gasteiger charge is 2.30. The summed E-state index contributed by atoms with van der Waals surface area (Å²) in [7, 11) is 1.43. The third-order valence-electron chi connectivity index (χ3n) is 4.52. The molecule has 0 aromatic carbocycles. The van der Waals surface area contributed by atoms with E-state index in [9.17, 15) is 9.59 Å². The Labute approximate surface area is 149 Å². The van der Waals surface area contributed by atoms with Crippen LogP contribution in [-0.2, 0) is 23.7 Å². The van der Waals surface area contributed by atoms with Crippen LogP contribution in [0.2, 0.25) is 0 Å². The highest BCUT2D eigenvalue weighted by Crippen LogP contribution is 2.27. The monoisotopic (exact) mass is 357 g/mol. The van der Waals surface area contributed by atoms with Gasteiger partial charge in [0.1, 0.15) is 5.60 Å². The lowest BCUT2D eigenvalue weighted by Crippen LogP contribution is -2.49. The third-order valence-corrected chi connectivity index (χ3v) is 4.52. The number of rotatable bonds is 4. The molecule has 25 heavy (non-hydrogen) atoms. The highest BCUT2D eigenvalue weighted by atomic mass is 16.6. The number of hydrogen-bond donors (Lipinski definition) is 0. The predicted octanol–water partition coefficient (Wildman–Crippen LogP) is 2.37. The van der Waals surface area contributed by atoms with Crippen molar-refractivity contribution in [3.05, 3.63) is 0 Å². The Kier molecular flexibility index (Phi) is 7.07. The Morgan fingerprint density at radius 3 is 2.44 bits per heavy atom. The van der Waals surface area contributed by atoms with Crippen LogP contribution in [0.1, 0.15) is 46.5 Å². The maximum Gasteiger partial charge on any atom is 0.410 e. The fourth-order valence-corrected chi connectivity index (χ4v) is 3.19. The smallest absolute Gasteiger partial charge is 0.410 e. The van der Waals surface area contributed by atoms with Gasteiger partial charge in [0.2, 0.25) is 0 Å². The summed E-state index contributed by atoms with van der Waals surface area (Å²) in [5, 5.41) is 0. The van der Waals surface area contributed by atoms with Crippen LogP contribution in [0.3, 0.4) is 0 Å². The molecule has 0 bridgehead atoms. The summed E-state index contributed by atoms with van der Waals surface area (Å²) in [5.41, 5.74) is -0.500. The number of esters is 1. The highest BCUT2D eigenvalue weighted by molar-refractivity contribution is 5.72. The topological polar surface area (TPSA) is 74.3 Å². The van der Waals surface area contributed by atoms with Gasteiger partial charge in [-0.1, -0.05) is 0 Å². The molecule has 7 nitrogen and oxygen atoms in total. The Morgan fingerprint density at radius 1 is 1.16 bits per heavy atom. The van der Waals surface area contributed by atoms with E-state index in [2.05, 4.69) is 0 Å². The van der Waals surface area contributed by atoms with E-state index in [0.29, 0.717) is 26.3 Å². The molecule has 0 radical (unpaired) electrons. The lowest BCUT2D eigenvalue weighted by atomic mass is 9.87. The van der Waals surface area contributed by atoms with Gasteiger partial charge in [-0.25, -0.2) is 4.79 Å². The molecule has 2 aliphatic rings. The van der Waals surface area contributed by atoms with Crippen molar-refractivity contribution in [2.45, 2.75) is 64.3 Å². The van der Waals surface area contributed by atoms with Gasteiger partial charge < -0.3 is 23.8 Å². The molecule has 0 aromatic heterocycles. The molecule has 0 aromatic rings. The molecule has 2 rings (SSSR count). The van der Waals surface area contributed by atoms with Gasteiger partial charge in [0.15, 0.2) is 0 Å². The number of morpholine rings is 1.